The quantitative estimate of drug-likeness (QED) is 0.336. The Morgan fingerprint density at radius 3 is 2.58 bits per heavy atom. The second kappa shape index (κ2) is 11.2. The number of piperidine rings is 1. The predicted octanol–water partition coefficient (Wildman–Crippen LogP) is 5.44. The molecule has 9 nitrogen and oxygen atoms in total. The molecule has 9 heteroatoms. The number of nitrogens with one attached hydrogen (secondary N) is 1. The van der Waals surface area contributed by atoms with Gasteiger partial charge >= 0.3 is 0 Å². The summed E-state index contributed by atoms with van der Waals surface area (Å²) >= 11 is 0. The number of hydrogen-bond donors (Lipinski definition) is 1. The molecule has 0 unspecified atom stereocenters. The smallest absolute Gasteiger partial charge is 0.222 e. The summed E-state index contributed by atoms with van der Waals surface area (Å²) in [5, 5.41) is 16.2. The first-order valence-corrected chi connectivity index (χ1v) is 13.5. The maximum Gasteiger partial charge on any atom is 0.222 e. The Kier molecular flexibility index (Phi) is 7.62. The van der Waals surface area contributed by atoms with Gasteiger partial charge in [-0.1, -0.05) is 27.7 Å². The molecule has 0 bridgehead atoms. The van der Waals surface area contributed by atoms with Gasteiger partial charge in [0.05, 0.1) is 23.4 Å². The van der Waals surface area contributed by atoms with Crippen LogP contribution in [0.1, 0.15) is 58.4 Å². The Morgan fingerprint density at radius 1 is 1.00 bits per heavy atom. The van der Waals surface area contributed by atoms with Crippen LogP contribution in [0.25, 0.3) is 22.2 Å². The molecule has 1 amide bonds. The van der Waals surface area contributed by atoms with Crippen molar-refractivity contribution in [2.75, 3.05) is 18.4 Å². The molecule has 38 heavy (non-hydrogen) atoms. The highest BCUT2D eigenvalue weighted by atomic mass is 16.2. The van der Waals surface area contributed by atoms with Gasteiger partial charge in [0.25, 0.3) is 0 Å². The molecule has 198 valence electrons. The van der Waals surface area contributed by atoms with E-state index >= 15 is 0 Å². The highest BCUT2D eigenvalue weighted by Crippen LogP contribution is 2.25. The van der Waals surface area contributed by atoms with Gasteiger partial charge in [-0.05, 0) is 60.4 Å². The van der Waals surface area contributed by atoms with Gasteiger partial charge in [-0.25, -0.2) is 4.98 Å². The molecule has 5 heterocycles. The Hall–Kier alpha value is -3.88. The molecule has 0 aromatic carbocycles. The van der Waals surface area contributed by atoms with Crippen LogP contribution >= 0.6 is 0 Å². The van der Waals surface area contributed by atoms with E-state index in [9.17, 15) is 4.79 Å². The fraction of sp³-hybridized carbons (Fsp3) is 0.448. The molecule has 0 radical (unpaired) electrons. The third-order valence-electron chi connectivity index (χ3n) is 7.10. The molecule has 5 rings (SSSR count). The van der Waals surface area contributed by atoms with Gasteiger partial charge < -0.3 is 10.2 Å². The zero-order chi connectivity index (χ0) is 26.6. The number of hydrogen-bond acceptors (Lipinski definition) is 7. The van der Waals surface area contributed by atoms with Crippen LogP contribution in [0.15, 0.2) is 49.1 Å². The average molecular weight is 513 g/mol. The lowest BCUT2D eigenvalue weighted by atomic mass is 9.96. The number of carbonyl (C=O) groups is 1. The van der Waals surface area contributed by atoms with Crippen LogP contribution in [0.5, 0.6) is 0 Å². The summed E-state index contributed by atoms with van der Waals surface area (Å²) in [5.41, 5.74) is 4.73. The summed E-state index contributed by atoms with van der Waals surface area (Å²) in [6.07, 6.45) is 10.3. The van der Waals surface area contributed by atoms with Gasteiger partial charge in [0.15, 0.2) is 5.82 Å². The van der Waals surface area contributed by atoms with Crippen molar-refractivity contribution in [3.63, 3.8) is 0 Å². The van der Waals surface area contributed by atoms with E-state index in [4.69, 9.17) is 4.98 Å². The van der Waals surface area contributed by atoms with E-state index in [1.807, 2.05) is 46.2 Å². The second-order valence-electron chi connectivity index (χ2n) is 11.0. The molecule has 4 aromatic heterocycles. The Morgan fingerprint density at radius 2 is 1.82 bits per heavy atom. The minimum absolute atomic E-state index is 0.285. The summed E-state index contributed by atoms with van der Waals surface area (Å²) < 4.78 is 2.02. The Bertz CT molecular complexity index is 1400. The van der Waals surface area contributed by atoms with Crippen molar-refractivity contribution in [3.8, 4) is 11.1 Å². The third kappa shape index (κ3) is 6.15. The number of pyridine rings is 2. The SMILES string of the molecule is CC(C)CC(=O)N1CCC(Cn2cc(-c3cnc4ccc(Nc5cc(C(C)C)cnn5)nc4c3)cn2)CC1. The van der Waals surface area contributed by atoms with Crippen LogP contribution in [0.4, 0.5) is 11.6 Å². The third-order valence-corrected chi connectivity index (χ3v) is 7.10. The molecule has 0 spiro atoms. The van der Waals surface area contributed by atoms with Crippen LogP contribution in [0, 0.1) is 11.8 Å². The highest BCUT2D eigenvalue weighted by Gasteiger charge is 2.23. The van der Waals surface area contributed by atoms with Crippen LogP contribution in [0.3, 0.4) is 0 Å². The maximum atomic E-state index is 12.4. The van der Waals surface area contributed by atoms with Gasteiger partial charge in [0, 0.05) is 49.6 Å². The summed E-state index contributed by atoms with van der Waals surface area (Å²) in [4.78, 5) is 23.8. The van der Waals surface area contributed by atoms with Gasteiger partial charge in [0.1, 0.15) is 5.82 Å². The van der Waals surface area contributed by atoms with Crippen molar-refractivity contribution >= 4 is 28.6 Å². The standard InChI is InChI=1S/C29H36N8O/c1-19(2)11-29(38)36-9-7-21(8-10-36)17-37-18-24(16-32-37)23-12-26-25(30-14-23)5-6-27(33-26)34-28-13-22(20(3)4)15-31-35-28/h5-6,12-16,18-21H,7-11,17H2,1-4H3,(H,33,34,35). The molecule has 1 saturated heterocycles. The average Bonchev–Trinajstić information content (AvgIpc) is 3.37. The van der Waals surface area contributed by atoms with Crippen molar-refractivity contribution in [2.24, 2.45) is 11.8 Å². The Labute approximate surface area is 223 Å². The van der Waals surface area contributed by atoms with Crippen molar-refractivity contribution < 1.29 is 4.79 Å². The molecular formula is C29H36N8O. The number of anilines is 2. The van der Waals surface area contributed by atoms with Crippen molar-refractivity contribution in [1.29, 1.82) is 0 Å². The van der Waals surface area contributed by atoms with Gasteiger partial charge in [-0.3, -0.25) is 14.5 Å². The second-order valence-corrected chi connectivity index (χ2v) is 11.0. The van der Waals surface area contributed by atoms with Crippen LogP contribution in [-0.4, -0.2) is 53.8 Å². The summed E-state index contributed by atoms with van der Waals surface area (Å²) in [5.74, 6) is 2.95. The normalized spacial score (nSPS) is 14.5. The molecular weight excluding hydrogens is 476 g/mol. The fourth-order valence-electron chi connectivity index (χ4n) is 4.84. The van der Waals surface area contributed by atoms with E-state index in [2.05, 4.69) is 59.5 Å². The number of fused-ring (bicyclic) bond motifs is 1. The molecule has 1 aliphatic rings. The zero-order valence-electron chi connectivity index (χ0n) is 22.6. The highest BCUT2D eigenvalue weighted by molar-refractivity contribution is 5.81. The molecule has 1 aliphatic heterocycles. The monoisotopic (exact) mass is 512 g/mol. The van der Waals surface area contributed by atoms with Gasteiger partial charge in [-0.2, -0.15) is 10.2 Å². The van der Waals surface area contributed by atoms with Crippen molar-refractivity contribution in [1.82, 2.24) is 34.8 Å². The lowest BCUT2D eigenvalue weighted by Crippen LogP contribution is -2.39. The number of rotatable bonds is 8. The summed E-state index contributed by atoms with van der Waals surface area (Å²) in [6, 6.07) is 7.90. The van der Waals surface area contributed by atoms with Gasteiger partial charge in [0.2, 0.25) is 5.91 Å². The number of amides is 1. The molecule has 0 aliphatic carbocycles. The van der Waals surface area contributed by atoms with Crippen LogP contribution in [-0.2, 0) is 11.3 Å². The Balaban J connectivity index is 1.24. The molecule has 1 N–H and O–H groups in total. The van der Waals surface area contributed by atoms with Gasteiger partial charge in [-0.15, -0.1) is 5.10 Å². The lowest BCUT2D eigenvalue weighted by molar-refractivity contribution is -0.133. The largest absolute Gasteiger partial charge is 0.343 e. The van der Waals surface area contributed by atoms with Crippen LogP contribution in [0.2, 0.25) is 0 Å². The molecule has 1 fully saturated rings. The van der Waals surface area contributed by atoms with E-state index < -0.39 is 0 Å². The van der Waals surface area contributed by atoms with Crippen molar-refractivity contribution in [3.05, 3.63) is 54.6 Å². The first-order chi connectivity index (χ1) is 18.3. The van der Waals surface area contributed by atoms with E-state index in [0.717, 1.165) is 60.2 Å². The topological polar surface area (TPSA) is 102 Å². The first kappa shape index (κ1) is 25.8. The number of aromatic nitrogens is 6. The van der Waals surface area contributed by atoms with E-state index in [1.54, 1.807) is 6.20 Å². The number of nitrogens with zero attached hydrogens (tertiary/aromatic N) is 7. The van der Waals surface area contributed by atoms with Crippen molar-refractivity contribution in [2.45, 2.75) is 59.4 Å². The van der Waals surface area contributed by atoms with E-state index in [0.29, 0.717) is 35.8 Å². The molecule has 4 aromatic rings. The maximum absolute atomic E-state index is 12.4. The number of carbonyl (C=O) groups excluding carboxylic acids is 1. The molecule has 0 saturated carbocycles. The minimum Gasteiger partial charge on any atom is -0.343 e. The van der Waals surface area contributed by atoms with E-state index in [-0.39, 0.29) is 5.91 Å². The summed E-state index contributed by atoms with van der Waals surface area (Å²) in [6.45, 7) is 11.0. The predicted molar refractivity (Wildman–Crippen MR) is 149 cm³/mol. The lowest BCUT2D eigenvalue weighted by Gasteiger charge is -2.32. The van der Waals surface area contributed by atoms with E-state index in [1.165, 1.54) is 0 Å². The fourth-order valence-corrected chi connectivity index (χ4v) is 4.84. The number of likely N-dealkylation sites (tertiary alicyclic amines) is 1. The minimum atomic E-state index is 0.285. The first-order valence-electron chi connectivity index (χ1n) is 13.5. The molecule has 0 atom stereocenters. The zero-order valence-corrected chi connectivity index (χ0v) is 22.6. The van der Waals surface area contributed by atoms with Crippen LogP contribution < -0.4 is 5.32 Å². The summed E-state index contributed by atoms with van der Waals surface area (Å²) in [7, 11) is 0.